The molecule has 0 unspecified atom stereocenters. The third kappa shape index (κ3) is 7.24. The molecule has 0 radical (unpaired) electrons. The van der Waals surface area contributed by atoms with E-state index in [2.05, 4.69) is 32.1 Å². The number of thiazole rings is 1. The van der Waals surface area contributed by atoms with E-state index in [1.807, 2.05) is 0 Å². The first kappa shape index (κ1) is 27.5. The number of aryl methyl sites for hydroxylation is 1. The molecule has 1 aromatic carbocycles. The van der Waals surface area contributed by atoms with Crippen molar-refractivity contribution in [2.45, 2.75) is 31.9 Å². The van der Waals surface area contributed by atoms with Crippen molar-refractivity contribution in [1.82, 2.24) is 15.0 Å². The molecule has 0 aliphatic rings. The molecular weight excluding hydrogens is 540 g/mol. The van der Waals surface area contributed by atoms with Gasteiger partial charge in [-0.1, -0.05) is 29.1 Å². The van der Waals surface area contributed by atoms with Gasteiger partial charge in [0.05, 0.1) is 21.8 Å². The number of hydrogen-bond acceptors (Lipinski definition) is 7. The fourth-order valence-electron chi connectivity index (χ4n) is 2.85. The van der Waals surface area contributed by atoms with E-state index in [1.165, 1.54) is 18.6 Å². The maximum absolute atomic E-state index is 13.0. The van der Waals surface area contributed by atoms with Crippen molar-refractivity contribution in [2.24, 2.45) is 0 Å². The summed E-state index contributed by atoms with van der Waals surface area (Å²) in [4.78, 5) is 37.2. The third-order valence-corrected chi connectivity index (χ3v) is 6.34. The Hall–Kier alpha value is -3.04. The van der Waals surface area contributed by atoms with Crippen molar-refractivity contribution in [2.75, 3.05) is 11.9 Å². The molecule has 0 saturated carbocycles. The molecule has 13 heteroatoms. The minimum absolute atomic E-state index is 0.00515. The quantitative estimate of drug-likeness (QED) is 0.217. The first-order chi connectivity index (χ1) is 17.1. The van der Waals surface area contributed by atoms with E-state index in [0.29, 0.717) is 17.8 Å². The van der Waals surface area contributed by atoms with Gasteiger partial charge in [0, 0.05) is 31.6 Å². The van der Waals surface area contributed by atoms with Gasteiger partial charge < -0.3 is 10.4 Å². The van der Waals surface area contributed by atoms with E-state index in [1.54, 1.807) is 0 Å². The number of hydrogen-bond donors (Lipinski definition) is 2. The summed E-state index contributed by atoms with van der Waals surface area (Å²) in [6.45, 7) is 0.0101. The van der Waals surface area contributed by atoms with Gasteiger partial charge >= 0.3 is 6.18 Å². The molecule has 36 heavy (non-hydrogen) atoms. The van der Waals surface area contributed by atoms with Crippen molar-refractivity contribution in [1.29, 1.82) is 0 Å². The molecular formula is C23H17Cl2F3N4O3S. The Morgan fingerprint density at radius 1 is 1.17 bits per heavy atom. The van der Waals surface area contributed by atoms with Crippen LogP contribution in [0.15, 0.2) is 30.7 Å². The monoisotopic (exact) mass is 556 g/mol. The van der Waals surface area contributed by atoms with Crippen LogP contribution in [0.4, 0.5) is 18.9 Å². The molecule has 0 spiro atoms. The fourth-order valence-corrected chi connectivity index (χ4v) is 4.14. The average molecular weight is 557 g/mol. The number of aliphatic hydroxyl groups excluding tert-OH is 1. The number of anilines is 1. The van der Waals surface area contributed by atoms with Gasteiger partial charge in [-0.25, -0.2) is 15.0 Å². The van der Waals surface area contributed by atoms with Gasteiger partial charge in [-0.2, -0.15) is 13.2 Å². The maximum Gasteiger partial charge on any atom is 0.417 e. The lowest BCUT2D eigenvalue weighted by Gasteiger charge is -2.11. The summed E-state index contributed by atoms with van der Waals surface area (Å²) in [7, 11) is 0. The predicted octanol–water partition coefficient (Wildman–Crippen LogP) is 5.45. The van der Waals surface area contributed by atoms with Crippen molar-refractivity contribution >= 4 is 51.9 Å². The summed E-state index contributed by atoms with van der Waals surface area (Å²) in [6.07, 6.45) is -1.07. The number of carbonyl (C=O) groups excluding carboxylic acids is 2. The highest BCUT2D eigenvalue weighted by molar-refractivity contribution is 7.13. The van der Waals surface area contributed by atoms with E-state index in [-0.39, 0.29) is 52.2 Å². The summed E-state index contributed by atoms with van der Waals surface area (Å²) in [6, 6.07) is 3.05. The number of carbonyl (C=O) groups is 2. The van der Waals surface area contributed by atoms with Crippen molar-refractivity contribution in [3.8, 4) is 11.8 Å². The zero-order chi connectivity index (χ0) is 26.3. The molecule has 0 aliphatic carbocycles. The Morgan fingerprint density at radius 2 is 1.94 bits per heavy atom. The van der Waals surface area contributed by atoms with Gasteiger partial charge in [0.1, 0.15) is 27.6 Å². The van der Waals surface area contributed by atoms with Crippen LogP contribution in [-0.2, 0) is 12.6 Å². The number of aliphatic hydroxyl groups is 1. The number of halogens is 5. The Bertz CT molecular complexity index is 1340. The molecule has 7 nitrogen and oxygen atoms in total. The highest BCUT2D eigenvalue weighted by atomic mass is 35.5. The molecule has 2 aromatic heterocycles. The van der Waals surface area contributed by atoms with E-state index < -0.39 is 22.7 Å². The highest BCUT2D eigenvalue weighted by Gasteiger charge is 2.33. The van der Waals surface area contributed by atoms with Gasteiger partial charge in [0.15, 0.2) is 5.78 Å². The van der Waals surface area contributed by atoms with Gasteiger partial charge in [-0.15, -0.1) is 11.3 Å². The van der Waals surface area contributed by atoms with Gasteiger partial charge in [-0.3, -0.25) is 9.59 Å². The number of alkyl halides is 3. The van der Waals surface area contributed by atoms with Crippen LogP contribution in [0, 0.1) is 11.8 Å². The summed E-state index contributed by atoms with van der Waals surface area (Å²) in [5.74, 6) is 4.53. The number of nitrogens with zero attached hydrogens (tertiary/aromatic N) is 3. The van der Waals surface area contributed by atoms with Crippen LogP contribution >= 0.6 is 34.5 Å². The molecule has 0 fully saturated rings. The van der Waals surface area contributed by atoms with Crippen LogP contribution in [-0.4, -0.2) is 38.4 Å². The zero-order valence-electron chi connectivity index (χ0n) is 18.3. The second-order valence-corrected chi connectivity index (χ2v) is 9.10. The van der Waals surface area contributed by atoms with Gasteiger partial charge in [0.25, 0.3) is 5.91 Å². The fraction of sp³-hybridized carbons (Fsp3) is 0.261. The maximum atomic E-state index is 13.0. The third-order valence-electron chi connectivity index (χ3n) is 4.59. The van der Waals surface area contributed by atoms with E-state index in [0.717, 1.165) is 23.5 Å². The van der Waals surface area contributed by atoms with E-state index in [4.69, 9.17) is 28.3 Å². The Morgan fingerprint density at radius 3 is 2.67 bits per heavy atom. The van der Waals surface area contributed by atoms with Crippen molar-refractivity contribution < 1.29 is 27.9 Å². The van der Waals surface area contributed by atoms with Crippen molar-refractivity contribution in [3.05, 3.63) is 67.6 Å². The molecule has 3 rings (SSSR count). The van der Waals surface area contributed by atoms with Crippen LogP contribution in [0.5, 0.6) is 0 Å². The molecule has 0 saturated heterocycles. The van der Waals surface area contributed by atoms with Gasteiger partial charge in [0.2, 0.25) is 0 Å². The second kappa shape index (κ2) is 12.3. The van der Waals surface area contributed by atoms with Crippen LogP contribution in [0.25, 0.3) is 0 Å². The number of amides is 1. The predicted molar refractivity (Wildman–Crippen MR) is 129 cm³/mol. The molecule has 2 N–H and O–H groups in total. The summed E-state index contributed by atoms with van der Waals surface area (Å²) in [5.41, 5.74) is -0.920. The average Bonchev–Trinajstić information content (AvgIpc) is 3.31. The normalized spacial score (nSPS) is 11.1. The highest BCUT2D eigenvalue weighted by Crippen LogP contribution is 2.36. The molecule has 188 valence electrons. The standard InChI is InChI=1S/C23H17Cl2F3N4O3S/c24-15-6-5-13(10-14(15)23(26,27)28)32-22(35)18-11-29-19(36-18)8-7-17(34)21-20(25)16(30-12-31-21)4-2-1-3-9-33/h5-6,10-12,33H,1,3,7-9H2,(H,32,35). The van der Waals surface area contributed by atoms with E-state index >= 15 is 0 Å². The molecule has 3 aromatic rings. The van der Waals surface area contributed by atoms with Crippen molar-refractivity contribution in [3.63, 3.8) is 0 Å². The Labute approximate surface area is 217 Å². The lowest BCUT2D eigenvalue weighted by Crippen LogP contribution is -2.12. The lowest BCUT2D eigenvalue weighted by molar-refractivity contribution is -0.137. The number of ketones is 1. The zero-order valence-corrected chi connectivity index (χ0v) is 20.7. The van der Waals surface area contributed by atoms with Crippen LogP contribution in [0.2, 0.25) is 10.0 Å². The largest absolute Gasteiger partial charge is 0.417 e. The Kier molecular flexibility index (Phi) is 9.39. The van der Waals surface area contributed by atoms with Gasteiger partial charge in [-0.05, 0) is 30.5 Å². The topological polar surface area (TPSA) is 105 Å². The summed E-state index contributed by atoms with van der Waals surface area (Å²) >= 11 is 12.8. The minimum atomic E-state index is -4.66. The summed E-state index contributed by atoms with van der Waals surface area (Å²) < 4.78 is 39.1. The SMILES string of the molecule is O=C(Nc1ccc(Cl)c(C(F)(F)F)c1)c1cnc(CCC(=O)c2ncnc(C#CCCCO)c2Cl)s1. The molecule has 0 aliphatic heterocycles. The number of unbranched alkanes of at least 4 members (excludes halogenated alkanes) is 1. The number of aromatic nitrogens is 3. The number of benzene rings is 1. The second-order valence-electron chi connectivity index (χ2n) is 7.20. The number of nitrogens with one attached hydrogen (secondary N) is 1. The number of Topliss-reactive ketones (excluding diaryl/α,β-unsaturated/α-hetero) is 1. The molecule has 2 heterocycles. The van der Waals surface area contributed by atoms with E-state index in [9.17, 15) is 22.8 Å². The Balaban J connectivity index is 1.63. The first-order valence-electron chi connectivity index (χ1n) is 10.4. The van der Waals surface area contributed by atoms with Crippen LogP contribution in [0.3, 0.4) is 0 Å². The smallest absolute Gasteiger partial charge is 0.396 e. The lowest BCUT2D eigenvalue weighted by atomic mass is 10.1. The molecule has 0 bridgehead atoms. The minimum Gasteiger partial charge on any atom is -0.396 e. The summed E-state index contributed by atoms with van der Waals surface area (Å²) in [5, 5.41) is 11.2. The molecule has 0 atom stereocenters. The van der Waals surface area contributed by atoms with Crippen LogP contribution in [0.1, 0.15) is 55.7 Å². The van der Waals surface area contributed by atoms with Crippen LogP contribution < -0.4 is 5.32 Å². The first-order valence-corrected chi connectivity index (χ1v) is 11.9. The number of rotatable bonds is 8. The molecule has 1 amide bonds.